The van der Waals surface area contributed by atoms with Crippen LogP contribution in [0.4, 0.5) is 17.1 Å². The number of nitrogens with zero attached hydrogens (tertiary/aromatic N) is 2. The molecule has 0 radical (unpaired) electrons. The first kappa shape index (κ1) is 28.6. The summed E-state index contributed by atoms with van der Waals surface area (Å²) in [6, 6.07) is 60.7. The Hall–Kier alpha value is -5.88. The molecule has 0 amide bonds. The number of anilines is 3. The minimum Gasteiger partial charge on any atom is -0.423 e. The topological polar surface area (TPSA) is 48.6 Å². The van der Waals surface area contributed by atoms with Crippen molar-refractivity contribution in [3.05, 3.63) is 176 Å². The predicted octanol–water partition coefficient (Wildman–Crippen LogP) is 9.27. The van der Waals surface area contributed by atoms with Gasteiger partial charge < -0.3 is 19.5 Å². The lowest BCUT2D eigenvalue weighted by Crippen LogP contribution is -2.29. The van der Waals surface area contributed by atoms with Crippen molar-refractivity contribution in [2.45, 2.75) is 0 Å². The van der Waals surface area contributed by atoms with Crippen LogP contribution in [0.25, 0.3) is 49.7 Å². The molecule has 2 N–H and O–H groups in total. The predicted molar refractivity (Wildman–Crippen MR) is 196 cm³/mol. The molecule has 224 valence electrons. The second kappa shape index (κ2) is 12.1. The van der Waals surface area contributed by atoms with Crippen molar-refractivity contribution >= 4 is 51.4 Å². The molecule has 0 aliphatic heterocycles. The minimum absolute atomic E-state index is 0.443. The number of rotatable bonds is 7. The lowest BCUT2D eigenvalue weighted by atomic mass is 9.80. The Balaban J connectivity index is 1.38. The maximum Gasteiger partial charge on any atom is 0.488 e. The molecule has 0 saturated carbocycles. The van der Waals surface area contributed by atoms with Crippen LogP contribution in [0.1, 0.15) is 0 Å². The lowest BCUT2D eigenvalue weighted by Gasteiger charge is -2.27. The van der Waals surface area contributed by atoms with E-state index in [1.807, 2.05) is 30.3 Å². The Kier molecular flexibility index (Phi) is 7.39. The van der Waals surface area contributed by atoms with Gasteiger partial charge in [-0.3, -0.25) is 0 Å². The van der Waals surface area contributed by atoms with Crippen LogP contribution in [-0.4, -0.2) is 21.7 Å². The molecule has 1 heterocycles. The molecular formula is C42H31BN2O2. The second-order valence-corrected chi connectivity index (χ2v) is 11.7. The Morgan fingerprint density at radius 1 is 0.404 bits per heavy atom. The van der Waals surface area contributed by atoms with E-state index in [1.165, 1.54) is 5.39 Å². The summed E-state index contributed by atoms with van der Waals surface area (Å²) in [4.78, 5) is 2.25. The normalized spacial score (nSPS) is 11.2. The molecule has 7 aromatic carbocycles. The van der Waals surface area contributed by atoms with E-state index in [0.29, 0.717) is 5.46 Å². The van der Waals surface area contributed by atoms with Gasteiger partial charge in [-0.25, -0.2) is 0 Å². The molecule has 47 heavy (non-hydrogen) atoms. The lowest BCUT2D eigenvalue weighted by molar-refractivity contribution is 0.426. The van der Waals surface area contributed by atoms with Crippen LogP contribution in [0, 0.1) is 0 Å². The molecule has 0 spiro atoms. The van der Waals surface area contributed by atoms with Crippen LogP contribution in [0.5, 0.6) is 0 Å². The molecule has 0 unspecified atom stereocenters. The summed E-state index contributed by atoms with van der Waals surface area (Å²) in [5, 5.41) is 22.1. The Morgan fingerprint density at radius 3 is 1.55 bits per heavy atom. The molecule has 8 rings (SSSR count). The van der Waals surface area contributed by atoms with Crippen LogP contribution in [0.3, 0.4) is 0 Å². The van der Waals surface area contributed by atoms with Crippen LogP contribution in [-0.2, 0) is 0 Å². The molecule has 8 aromatic rings. The minimum atomic E-state index is -1.54. The van der Waals surface area contributed by atoms with Gasteiger partial charge in [0.2, 0.25) is 0 Å². The standard InChI is InChI=1S/C42H31BN2O2/c46-43(47)34-20-22-36(23-21-34)44(38-27-32(30-12-4-1-5-13-30)26-33(28-38)31-14-6-2-7-15-31)37-24-25-42-40(29-37)39-18-10-11-19-41(39)45(42)35-16-8-3-9-17-35/h1-29,46-47H. The molecule has 0 bridgehead atoms. The summed E-state index contributed by atoms with van der Waals surface area (Å²) in [7, 11) is -1.54. The van der Waals surface area contributed by atoms with Crippen molar-refractivity contribution in [3.8, 4) is 27.9 Å². The van der Waals surface area contributed by atoms with Gasteiger partial charge in [-0.15, -0.1) is 0 Å². The fourth-order valence-electron chi connectivity index (χ4n) is 6.53. The second-order valence-electron chi connectivity index (χ2n) is 11.7. The average molecular weight is 607 g/mol. The van der Waals surface area contributed by atoms with E-state index in [4.69, 9.17) is 0 Å². The summed E-state index contributed by atoms with van der Waals surface area (Å²) in [5.41, 5.74) is 11.2. The first-order valence-electron chi connectivity index (χ1n) is 15.7. The maximum atomic E-state index is 9.87. The van der Waals surface area contributed by atoms with E-state index in [9.17, 15) is 10.0 Å². The van der Waals surface area contributed by atoms with E-state index >= 15 is 0 Å². The highest BCUT2D eigenvalue weighted by atomic mass is 16.4. The third kappa shape index (κ3) is 5.38. The number of hydrogen-bond acceptors (Lipinski definition) is 3. The highest BCUT2D eigenvalue weighted by Gasteiger charge is 2.20. The zero-order chi connectivity index (χ0) is 31.7. The Bertz CT molecular complexity index is 2260. The molecule has 0 saturated heterocycles. The smallest absolute Gasteiger partial charge is 0.423 e. The van der Waals surface area contributed by atoms with Gasteiger partial charge in [0.25, 0.3) is 0 Å². The van der Waals surface area contributed by atoms with Gasteiger partial charge in [-0.1, -0.05) is 109 Å². The summed E-state index contributed by atoms with van der Waals surface area (Å²) in [6.45, 7) is 0. The average Bonchev–Trinajstić information content (AvgIpc) is 3.47. The zero-order valence-corrected chi connectivity index (χ0v) is 25.6. The number of benzene rings is 7. The molecule has 4 nitrogen and oxygen atoms in total. The maximum absolute atomic E-state index is 9.87. The monoisotopic (exact) mass is 606 g/mol. The Labute approximate surface area is 274 Å². The van der Waals surface area contributed by atoms with Gasteiger partial charge in [0.15, 0.2) is 0 Å². The third-order valence-corrected chi connectivity index (χ3v) is 8.77. The van der Waals surface area contributed by atoms with Crippen LogP contribution < -0.4 is 10.4 Å². The largest absolute Gasteiger partial charge is 0.488 e. The van der Waals surface area contributed by atoms with E-state index in [-0.39, 0.29) is 0 Å². The molecular weight excluding hydrogens is 575 g/mol. The zero-order valence-electron chi connectivity index (χ0n) is 25.6. The number of fused-ring (bicyclic) bond motifs is 3. The van der Waals surface area contributed by atoms with Crippen molar-refractivity contribution in [2.24, 2.45) is 0 Å². The molecule has 0 aliphatic rings. The molecule has 0 aliphatic carbocycles. The first-order valence-corrected chi connectivity index (χ1v) is 15.7. The fourth-order valence-corrected chi connectivity index (χ4v) is 6.53. The van der Waals surface area contributed by atoms with Gasteiger partial charge in [0.05, 0.1) is 11.0 Å². The summed E-state index contributed by atoms with van der Waals surface area (Å²) < 4.78 is 2.32. The molecule has 0 fully saturated rings. The van der Waals surface area contributed by atoms with Crippen molar-refractivity contribution in [1.82, 2.24) is 4.57 Å². The van der Waals surface area contributed by atoms with E-state index in [0.717, 1.165) is 61.4 Å². The quantitative estimate of drug-likeness (QED) is 0.178. The van der Waals surface area contributed by atoms with Gasteiger partial charge in [0, 0.05) is 33.5 Å². The highest BCUT2D eigenvalue weighted by Crippen LogP contribution is 2.42. The van der Waals surface area contributed by atoms with E-state index < -0.39 is 7.12 Å². The van der Waals surface area contributed by atoms with E-state index in [2.05, 4.69) is 143 Å². The molecule has 1 aromatic heterocycles. The fraction of sp³-hybridized carbons (Fsp3) is 0. The van der Waals surface area contributed by atoms with Gasteiger partial charge in [0.1, 0.15) is 0 Å². The number of hydrogen-bond donors (Lipinski definition) is 2. The van der Waals surface area contributed by atoms with Crippen molar-refractivity contribution in [2.75, 3.05) is 4.90 Å². The number of aromatic nitrogens is 1. The van der Waals surface area contributed by atoms with Crippen molar-refractivity contribution in [3.63, 3.8) is 0 Å². The van der Waals surface area contributed by atoms with Crippen LogP contribution in [0.2, 0.25) is 0 Å². The Morgan fingerprint density at radius 2 is 0.936 bits per heavy atom. The van der Waals surface area contributed by atoms with E-state index in [1.54, 1.807) is 12.1 Å². The van der Waals surface area contributed by atoms with Crippen LogP contribution in [0.15, 0.2) is 176 Å². The van der Waals surface area contributed by atoms with Gasteiger partial charge >= 0.3 is 7.12 Å². The van der Waals surface area contributed by atoms with Crippen molar-refractivity contribution in [1.29, 1.82) is 0 Å². The van der Waals surface area contributed by atoms with Crippen molar-refractivity contribution < 1.29 is 10.0 Å². The SMILES string of the molecule is OB(O)c1ccc(N(c2cc(-c3ccccc3)cc(-c3ccccc3)c2)c2ccc3c(c2)c2ccccc2n3-c2ccccc2)cc1. The molecule has 5 heteroatoms. The van der Waals surface area contributed by atoms with Gasteiger partial charge in [-0.2, -0.15) is 0 Å². The summed E-state index contributed by atoms with van der Waals surface area (Å²) in [5.74, 6) is 0. The first-order chi connectivity index (χ1) is 23.1. The summed E-state index contributed by atoms with van der Waals surface area (Å²) in [6.07, 6.45) is 0. The molecule has 0 atom stereocenters. The third-order valence-electron chi connectivity index (χ3n) is 8.77. The number of para-hydroxylation sites is 2. The van der Waals surface area contributed by atoms with Crippen LogP contribution >= 0.6 is 0 Å². The highest BCUT2D eigenvalue weighted by molar-refractivity contribution is 6.58. The summed E-state index contributed by atoms with van der Waals surface area (Å²) >= 11 is 0. The van der Waals surface area contributed by atoms with Gasteiger partial charge in [-0.05, 0) is 94.4 Å².